The van der Waals surface area contributed by atoms with Gasteiger partial charge in [-0.25, -0.2) is 0 Å². The van der Waals surface area contributed by atoms with Crippen LogP contribution in [0.25, 0.3) is 22.2 Å². The minimum atomic E-state index is -0.776. The molecule has 3 aromatic carbocycles. The molecule has 1 heterocycles. The highest BCUT2D eigenvalue weighted by molar-refractivity contribution is 6.14. The second-order valence-corrected chi connectivity index (χ2v) is 9.30. The van der Waals surface area contributed by atoms with E-state index in [0.717, 1.165) is 38.9 Å². The van der Waals surface area contributed by atoms with E-state index in [-0.39, 0.29) is 11.7 Å². The predicted molar refractivity (Wildman–Crippen MR) is 134 cm³/mol. The van der Waals surface area contributed by atoms with Gasteiger partial charge < -0.3 is 10.3 Å². The Morgan fingerprint density at radius 3 is 2.15 bits per heavy atom. The number of hydrogen-bond donors (Lipinski definition) is 1. The number of carbonyl (C=O) groups is 2. The summed E-state index contributed by atoms with van der Waals surface area (Å²) in [5.41, 5.74) is 10.7. The standard InChI is InChI=1S/C29H30N2O2/c1-20-11-10-16-23-25(24(32)18-17-21-12-6-4-7-13-21)27(22-14-8-5-9-15-22)31(26(20)23)19-29(2,3)28(30)33/h4-16H,17-19H2,1-3H3,(H2,30,33). The third-order valence-corrected chi connectivity index (χ3v) is 6.31. The fraction of sp³-hybridized carbons (Fsp3) is 0.241. The number of Topliss-reactive ketones (excluding diaryl/α,β-unsaturated/α-hetero) is 1. The largest absolute Gasteiger partial charge is 0.369 e. The molecule has 4 aromatic rings. The van der Waals surface area contributed by atoms with Crippen molar-refractivity contribution in [1.82, 2.24) is 4.57 Å². The Morgan fingerprint density at radius 1 is 0.879 bits per heavy atom. The average molecular weight is 439 g/mol. The number of aryl methyl sites for hydroxylation is 2. The lowest BCUT2D eigenvalue weighted by atomic mass is 9.92. The summed E-state index contributed by atoms with van der Waals surface area (Å²) in [5, 5.41) is 0.923. The van der Waals surface area contributed by atoms with Crippen molar-refractivity contribution < 1.29 is 9.59 Å². The highest BCUT2D eigenvalue weighted by Gasteiger charge is 2.31. The van der Waals surface area contributed by atoms with Crippen LogP contribution in [0.1, 0.15) is 41.8 Å². The molecule has 0 unspecified atom stereocenters. The third kappa shape index (κ3) is 4.47. The first-order valence-corrected chi connectivity index (χ1v) is 11.3. The van der Waals surface area contributed by atoms with Crippen LogP contribution in [-0.2, 0) is 17.8 Å². The first kappa shape index (κ1) is 22.5. The topological polar surface area (TPSA) is 65.1 Å². The fourth-order valence-corrected chi connectivity index (χ4v) is 4.43. The molecule has 0 radical (unpaired) electrons. The van der Waals surface area contributed by atoms with E-state index in [1.807, 2.05) is 99.6 Å². The fourth-order valence-electron chi connectivity index (χ4n) is 4.43. The van der Waals surface area contributed by atoms with Crippen LogP contribution in [0.5, 0.6) is 0 Å². The molecule has 0 spiro atoms. The Hall–Kier alpha value is -3.66. The molecule has 33 heavy (non-hydrogen) atoms. The maximum Gasteiger partial charge on any atom is 0.224 e. The molecule has 0 atom stereocenters. The number of amides is 1. The van der Waals surface area contributed by atoms with Gasteiger partial charge in [0.05, 0.1) is 22.2 Å². The maximum absolute atomic E-state index is 13.7. The van der Waals surface area contributed by atoms with Gasteiger partial charge in [-0.1, -0.05) is 78.9 Å². The minimum absolute atomic E-state index is 0.101. The molecule has 0 aliphatic rings. The lowest BCUT2D eigenvalue weighted by Crippen LogP contribution is -2.35. The van der Waals surface area contributed by atoms with Gasteiger partial charge in [0.25, 0.3) is 0 Å². The van der Waals surface area contributed by atoms with Gasteiger partial charge >= 0.3 is 0 Å². The number of nitrogens with two attached hydrogens (primary N) is 1. The van der Waals surface area contributed by atoms with Crippen LogP contribution in [0.2, 0.25) is 0 Å². The Morgan fingerprint density at radius 2 is 1.52 bits per heavy atom. The van der Waals surface area contributed by atoms with Crippen molar-refractivity contribution in [3.63, 3.8) is 0 Å². The molecular formula is C29H30N2O2. The molecule has 0 saturated heterocycles. The van der Waals surface area contributed by atoms with Crippen LogP contribution in [0.15, 0.2) is 78.9 Å². The Labute approximate surface area is 195 Å². The van der Waals surface area contributed by atoms with E-state index in [2.05, 4.69) is 4.57 Å². The normalized spacial score (nSPS) is 11.6. The van der Waals surface area contributed by atoms with Crippen molar-refractivity contribution in [1.29, 1.82) is 0 Å². The van der Waals surface area contributed by atoms with Gasteiger partial charge in [-0.3, -0.25) is 9.59 Å². The smallest absolute Gasteiger partial charge is 0.224 e. The van der Waals surface area contributed by atoms with Gasteiger partial charge in [-0.15, -0.1) is 0 Å². The number of nitrogens with zero attached hydrogens (tertiary/aromatic N) is 1. The zero-order valence-electron chi connectivity index (χ0n) is 19.5. The van der Waals surface area contributed by atoms with E-state index < -0.39 is 5.41 Å². The highest BCUT2D eigenvalue weighted by Crippen LogP contribution is 2.38. The number of ketones is 1. The van der Waals surface area contributed by atoms with Crippen molar-refractivity contribution in [3.05, 3.63) is 95.6 Å². The highest BCUT2D eigenvalue weighted by atomic mass is 16.1. The van der Waals surface area contributed by atoms with Gasteiger partial charge in [-0.05, 0) is 43.9 Å². The number of aromatic nitrogens is 1. The molecule has 0 bridgehead atoms. The van der Waals surface area contributed by atoms with E-state index in [1.54, 1.807) is 0 Å². The van der Waals surface area contributed by atoms with E-state index >= 15 is 0 Å². The SMILES string of the molecule is Cc1cccc2c(C(=O)CCc3ccccc3)c(-c3ccccc3)n(CC(C)(C)C(N)=O)c12. The molecule has 4 heteroatoms. The second-order valence-electron chi connectivity index (χ2n) is 9.30. The molecular weight excluding hydrogens is 408 g/mol. The summed E-state index contributed by atoms with van der Waals surface area (Å²) in [6.45, 7) is 6.14. The van der Waals surface area contributed by atoms with Gasteiger partial charge in [0.2, 0.25) is 5.91 Å². The van der Waals surface area contributed by atoms with Crippen LogP contribution >= 0.6 is 0 Å². The van der Waals surface area contributed by atoms with Crippen LogP contribution in [0.3, 0.4) is 0 Å². The first-order valence-electron chi connectivity index (χ1n) is 11.3. The molecule has 0 saturated carbocycles. The molecule has 168 valence electrons. The summed E-state index contributed by atoms with van der Waals surface area (Å²) in [5.74, 6) is -0.266. The van der Waals surface area contributed by atoms with Crippen molar-refractivity contribution in [3.8, 4) is 11.3 Å². The van der Waals surface area contributed by atoms with E-state index in [0.29, 0.717) is 19.4 Å². The summed E-state index contributed by atoms with van der Waals surface area (Å²) in [6, 6.07) is 26.1. The number of hydrogen-bond acceptors (Lipinski definition) is 2. The summed E-state index contributed by atoms with van der Waals surface area (Å²) in [7, 11) is 0. The average Bonchev–Trinajstić information content (AvgIpc) is 3.13. The van der Waals surface area contributed by atoms with Crippen molar-refractivity contribution in [2.24, 2.45) is 11.1 Å². The van der Waals surface area contributed by atoms with Gasteiger partial charge in [0, 0.05) is 18.4 Å². The Balaban J connectivity index is 1.92. The molecule has 0 fully saturated rings. The van der Waals surface area contributed by atoms with Gasteiger partial charge in [0.15, 0.2) is 5.78 Å². The quantitative estimate of drug-likeness (QED) is 0.346. The predicted octanol–water partition coefficient (Wildman–Crippen LogP) is 5.94. The number of para-hydroxylation sites is 1. The van der Waals surface area contributed by atoms with Crippen LogP contribution in [0, 0.1) is 12.3 Å². The Kier molecular flexibility index (Phi) is 6.19. The lowest BCUT2D eigenvalue weighted by molar-refractivity contribution is -0.126. The van der Waals surface area contributed by atoms with E-state index in [9.17, 15) is 9.59 Å². The number of benzene rings is 3. The van der Waals surface area contributed by atoms with Gasteiger partial charge in [-0.2, -0.15) is 0 Å². The van der Waals surface area contributed by atoms with E-state index in [4.69, 9.17) is 5.73 Å². The number of carbonyl (C=O) groups excluding carboxylic acids is 2. The molecule has 1 amide bonds. The zero-order valence-corrected chi connectivity index (χ0v) is 19.5. The van der Waals surface area contributed by atoms with Crippen molar-refractivity contribution in [2.45, 2.75) is 40.2 Å². The third-order valence-electron chi connectivity index (χ3n) is 6.31. The van der Waals surface area contributed by atoms with Crippen LogP contribution < -0.4 is 5.73 Å². The number of rotatable bonds is 8. The molecule has 4 nitrogen and oxygen atoms in total. The van der Waals surface area contributed by atoms with Crippen molar-refractivity contribution in [2.75, 3.05) is 0 Å². The molecule has 2 N–H and O–H groups in total. The second kappa shape index (κ2) is 9.07. The van der Waals surface area contributed by atoms with Gasteiger partial charge in [0.1, 0.15) is 0 Å². The molecule has 1 aromatic heterocycles. The monoisotopic (exact) mass is 438 g/mol. The molecule has 0 aliphatic heterocycles. The van der Waals surface area contributed by atoms with Crippen molar-refractivity contribution >= 4 is 22.6 Å². The summed E-state index contributed by atoms with van der Waals surface area (Å²) in [4.78, 5) is 26.0. The van der Waals surface area contributed by atoms with Crippen LogP contribution in [0.4, 0.5) is 0 Å². The molecule has 0 aliphatic carbocycles. The summed E-state index contributed by atoms with van der Waals surface area (Å²) in [6.07, 6.45) is 1.09. The summed E-state index contributed by atoms with van der Waals surface area (Å²) >= 11 is 0. The lowest BCUT2D eigenvalue weighted by Gasteiger charge is -2.24. The molecule has 4 rings (SSSR count). The number of fused-ring (bicyclic) bond motifs is 1. The maximum atomic E-state index is 13.7. The Bertz CT molecular complexity index is 1300. The van der Waals surface area contributed by atoms with E-state index in [1.165, 1.54) is 0 Å². The number of primary amides is 1. The van der Waals surface area contributed by atoms with Crippen LogP contribution in [-0.4, -0.2) is 16.3 Å². The zero-order chi connectivity index (χ0) is 23.6. The minimum Gasteiger partial charge on any atom is -0.369 e. The first-order chi connectivity index (χ1) is 15.8. The summed E-state index contributed by atoms with van der Waals surface area (Å²) < 4.78 is 2.13.